The highest BCUT2D eigenvalue weighted by Gasteiger charge is 2.35. The van der Waals surface area contributed by atoms with Crippen molar-refractivity contribution in [2.24, 2.45) is 5.92 Å². The van der Waals surface area contributed by atoms with Crippen molar-refractivity contribution in [1.29, 1.82) is 0 Å². The van der Waals surface area contributed by atoms with Crippen molar-refractivity contribution in [1.82, 2.24) is 9.97 Å². The maximum Gasteiger partial charge on any atom is 0.258 e. The van der Waals surface area contributed by atoms with E-state index in [1.165, 1.54) is 0 Å². The molecule has 0 unspecified atom stereocenters. The fourth-order valence-electron chi connectivity index (χ4n) is 3.88. The molecule has 4 rings (SSSR count). The van der Waals surface area contributed by atoms with Crippen LogP contribution >= 0.6 is 15.9 Å². The van der Waals surface area contributed by atoms with Crippen molar-refractivity contribution in [3.05, 3.63) is 44.7 Å². The number of halogens is 1. The topological polar surface area (TPSA) is 107 Å². The summed E-state index contributed by atoms with van der Waals surface area (Å²) in [4.78, 5) is 47.3. The van der Waals surface area contributed by atoms with E-state index in [1.54, 1.807) is 24.3 Å². The summed E-state index contributed by atoms with van der Waals surface area (Å²) in [6.45, 7) is 3.75. The number of carbonyl (C=O) groups excluding carboxylic acids is 2. The van der Waals surface area contributed by atoms with Gasteiger partial charge in [0.15, 0.2) is 0 Å². The number of benzene rings is 1. The van der Waals surface area contributed by atoms with E-state index in [1.807, 2.05) is 4.90 Å². The summed E-state index contributed by atoms with van der Waals surface area (Å²) < 4.78 is 0.887. The zero-order valence-electron chi connectivity index (χ0n) is 16.0. The predicted octanol–water partition coefficient (Wildman–Crippen LogP) is 2.83. The molecule has 8 nitrogen and oxygen atoms in total. The van der Waals surface area contributed by atoms with E-state index in [9.17, 15) is 14.4 Å². The first-order valence-electron chi connectivity index (χ1n) is 9.66. The summed E-state index contributed by atoms with van der Waals surface area (Å²) >= 11 is 3.35. The van der Waals surface area contributed by atoms with Crippen LogP contribution in [-0.4, -0.2) is 34.9 Å². The van der Waals surface area contributed by atoms with Gasteiger partial charge in [-0.2, -0.15) is 4.98 Å². The molecule has 0 saturated carbocycles. The molecule has 2 atom stereocenters. The first-order chi connectivity index (χ1) is 13.9. The smallest absolute Gasteiger partial charge is 0.258 e. The van der Waals surface area contributed by atoms with Gasteiger partial charge in [0.1, 0.15) is 5.82 Å². The van der Waals surface area contributed by atoms with Crippen LogP contribution in [0.2, 0.25) is 0 Å². The molecule has 2 aromatic rings. The summed E-state index contributed by atoms with van der Waals surface area (Å²) in [5.74, 6) is -0.513. The summed E-state index contributed by atoms with van der Waals surface area (Å²) in [5, 5.41) is 5.45. The number of hydrogen-bond donors (Lipinski definition) is 3. The molecule has 152 valence electrons. The molecule has 0 bridgehead atoms. The Bertz CT molecular complexity index is 1000. The molecule has 1 aromatic carbocycles. The van der Waals surface area contributed by atoms with E-state index < -0.39 is 11.8 Å². The summed E-state index contributed by atoms with van der Waals surface area (Å²) in [7, 11) is 0. The zero-order valence-corrected chi connectivity index (χ0v) is 17.6. The van der Waals surface area contributed by atoms with Gasteiger partial charge >= 0.3 is 0 Å². The lowest BCUT2D eigenvalue weighted by molar-refractivity contribution is -0.123. The van der Waals surface area contributed by atoms with Gasteiger partial charge in [0.2, 0.25) is 17.8 Å². The standard InChI is InChI=1S/C20H22BrN5O3/c1-11-3-2-8-26(10-11)20-24-17-16(19(29)25-20)14(9-15(27)23-17)18(28)22-13-6-4-12(21)5-7-13/h4-7,11,14H,2-3,8-10H2,1H3,(H,22,28)(H2,23,24,25,27,29)/t11-,14-/m0/s1. The molecule has 0 radical (unpaired) electrons. The molecule has 2 amide bonds. The van der Waals surface area contributed by atoms with Crippen LogP contribution in [0.3, 0.4) is 0 Å². The Hall–Kier alpha value is -2.68. The lowest BCUT2D eigenvalue weighted by Crippen LogP contribution is -2.40. The lowest BCUT2D eigenvalue weighted by atomic mass is 9.92. The molecular weight excluding hydrogens is 438 g/mol. The Balaban J connectivity index is 1.63. The molecule has 2 aliphatic heterocycles. The van der Waals surface area contributed by atoms with Crippen LogP contribution in [0.4, 0.5) is 17.5 Å². The van der Waals surface area contributed by atoms with Gasteiger partial charge in [-0.25, -0.2) is 0 Å². The number of carbonyl (C=O) groups is 2. The Morgan fingerprint density at radius 2 is 2.03 bits per heavy atom. The molecule has 1 aromatic heterocycles. The van der Waals surface area contributed by atoms with Gasteiger partial charge in [-0.3, -0.25) is 19.4 Å². The second-order valence-corrected chi connectivity index (χ2v) is 8.56. The normalized spacial score (nSPS) is 21.3. The second kappa shape index (κ2) is 7.98. The quantitative estimate of drug-likeness (QED) is 0.653. The van der Waals surface area contributed by atoms with Crippen LogP contribution in [0.1, 0.15) is 37.7 Å². The number of rotatable bonds is 3. The molecule has 3 heterocycles. The van der Waals surface area contributed by atoms with Gasteiger partial charge in [-0.15, -0.1) is 0 Å². The summed E-state index contributed by atoms with van der Waals surface area (Å²) in [6, 6.07) is 7.10. The van der Waals surface area contributed by atoms with Crippen LogP contribution in [0.15, 0.2) is 33.5 Å². The Morgan fingerprint density at radius 3 is 2.76 bits per heavy atom. The van der Waals surface area contributed by atoms with Gasteiger partial charge in [0, 0.05) is 29.7 Å². The fourth-order valence-corrected chi connectivity index (χ4v) is 4.14. The van der Waals surface area contributed by atoms with Gasteiger partial charge in [-0.1, -0.05) is 22.9 Å². The highest BCUT2D eigenvalue weighted by Crippen LogP contribution is 2.31. The number of aromatic nitrogens is 2. The molecule has 29 heavy (non-hydrogen) atoms. The molecule has 3 N–H and O–H groups in total. The third kappa shape index (κ3) is 4.19. The van der Waals surface area contributed by atoms with E-state index in [-0.39, 0.29) is 29.3 Å². The first kappa shape index (κ1) is 19.6. The van der Waals surface area contributed by atoms with Crippen LogP contribution < -0.4 is 21.1 Å². The van der Waals surface area contributed by atoms with E-state index in [0.717, 1.165) is 30.4 Å². The number of anilines is 3. The van der Waals surface area contributed by atoms with E-state index in [2.05, 4.69) is 43.5 Å². The highest BCUT2D eigenvalue weighted by molar-refractivity contribution is 9.10. The molecule has 9 heteroatoms. The van der Waals surface area contributed by atoms with Crippen molar-refractivity contribution in [3.63, 3.8) is 0 Å². The zero-order chi connectivity index (χ0) is 20.5. The highest BCUT2D eigenvalue weighted by atomic mass is 79.9. The van der Waals surface area contributed by atoms with Crippen LogP contribution in [0.25, 0.3) is 0 Å². The molecule has 0 aliphatic carbocycles. The summed E-state index contributed by atoms with van der Waals surface area (Å²) in [6.07, 6.45) is 2.06. The predicted molar refractivity (Wildman–Crippen MR) is 114 cm³/mol. The third-order valence-corrected chi connectivity index (χ3v) is 5.85. The van der Waals surface area contributed by atoms with Crippen molar-refractivity contribution in [2.75, 3.05) is 28.6 Å². The average molecular weight is 460 g/mol. The van der Waals surface area contributed by atoms with E-state index >= 15 is 0 Å². The van der Waals surface area contributed by atoms with Crippen LogP contribution in [-0.2, 0) is 9.59 Å². The van der Waals surface area contributed by atoms with Gasteiger partial charge in [-0.05, 0) is 43.0 Å². The van der Waals surface area contributed by atoms with Crippen molar-refractivity contribution in [2.45, 2.75) is 32.1 Å². The number of aromatic amines is 1. The molecular formula is C20H22BrN5O3. The number of nitrogens with one attached hydrogen (secondary N) is 3. The maximum atomic E-state index is 12.9. The minimum absolute atomic E-state index is 0.0970. The van der Waals surface area contributed by atoms with Crippen molar-refractivity contribution in [3.8, 4) is 0 Å². The SMILES string of the molecule is C[C@H]1CCCN(c2nc3c(c(=O)[nH]2)[C@@H](C(=O)Nc2ccc(Br)cc2)CC(=O)N3)C1. The Morgan fingerprint density at radius 1 is 1.28 bits per heavy atom. The molecule has 0 spiro atoms. The minimum Gasteiger partial charge on any atom is -0.342 e. The van der Waals surface area contributed by atoms with Crippen molar-refractivity contribution < 1.29 is 9.59 Å². The number of nitrogens with zero attached hydrogens (tertiary/aromatic N) is 2. The largest absolute Gasteiger partial charge is 0.342 e. The number of piperidine rings is 1. The maximum absolute atomic E-state index is 12.9. The first-order valence-corrected chi connectivity index (χ1v) is 10.5. The van der Waals surface area contributed by atoms with Gasteiger partial charge in [0.25, 0.3) is 5.56 Å². The van der Waals surface area contributed by atoms with E-state index in [4.69, 9.17) is 0 Å². The van der Waals surface area contributed by atoms with Crippen LogP contribution in [0.5, 0.6) is 0 Å². The summed E-state index contributed by atoms with van der Waals surface area (Å²) in [5.41, 5.74) is 0.404. The monoisotopic (exact) mass is 459 g/mol. The van der Waals surface area contributed by atoms with Gasteiger partial charge in [0.05, 0.1) is 11.5 Å². The van der Waals surface area contributed by atoms with Crippen molar-refractivity contribution >= 4 is 45.2 Å². The Labute approximate surface area is 176 Å². The Kier molecular flexibility index (Phi) is 5.40. The van der Waals surface area contributed by atoms with E-state index in [0.29, 0.717) is 17.6 Å². The fraction of sp³-hybridized carbons (Fsp3) is 0.400. The number of H-pyrrole nitrogens is 1. The lowest BCUT2D eigenvalue weighted by Gasteiger charge is -2.32. The molecule has 1 fully saturated rings. The van der Waals surface area contributed by atoms with Gasteiger partial charge < -0.3 is 15.5 Å². The number of amides is 2. The second-order valence-electron chi connectivity index (χ2n) is 7.65. The third-order valence-electron chi connectivity index (χ3n) is 5.32. The minimum atomic E-state index is -0.895. The molecule has 1 saturated heterocycles. The average Bonchev–Trinajstić information content (AvgIpc) is 2.68. The molecule has 2 aliphatic rings. The number of hydrogen-bond acceptors (Lipinski definition) is 5. The van der Waals surface area contributed by atoms with Crippen LogP contribution in [0, 0.1) is 5.92 Å². The number of fused-ring (bicyclic) bond motifs is 1.